The first-order valence-corrected chi connectivity index (χ1v) is 7.10. The number of rotatable bonds is 2. The highest BCUT2D eigenvalue weighted by Gasteiger charge is 2.12. The molecule has 0 aliphatic carbocycles. The van der Waals surface area contributed by atoms with E-state index in [1.165, 1.54) is 6.07 Å². The minimum Gasteiger partial charge on any atom is -0.320 e. The van der Waals surface area contributed by atoms with Gasteiger partial charge in [0.2, 0.25) is 0 Å². The summed E-state index contributed by atoms with van der Waals surface area (Å²) in [4.78, 5) is 0. The number of hydrogen-bond acceptors (Lipinski definition) is 1. The van der Waals surface area contributed by atoms with Gasteiger partial charge in [-0.3, -0.25) is 0 Å². The molecule has 1 unspecified atom stereocenters. The van der Waals surface area contributed by atoms with E-state index in [1.807, 2.05) is 6.07 Å². The predicted octanol–water partition coefficient (Wildman–Crippen LogP) is 5.05. The van der Waals surface area contributed by atoms with E-state index in [0.29, 0.717) is 9.50 Å². The van der Waals surface area contributed by atoms with Gasteiger partial charge in [-0.15, -0.1) is 0 Å². The number of hydrogen-bond donors (Lipinski definition) is 1. The predicted molar refractivity (Wildman–Crippen MR) is 79.3 cm³/mol. The summed E-state index contributed by atoms with van der Waals surface area (Å²) in [6, 6.07) is 9.87. The molecule has 18 heavy (non-hydrogen) atoms. The molecule has 0 amide bonds. The summed E-state index contributed by atoms with van der Waals surface area (Å²) < 4.78 is 14.4. The molecule has 2 rings (SSSR count). The average Bonchev–Trinajstić information content (AvgIpc) is 2.30. The second-order valence-corrected chi connectivity index (χ2v) is 6.06. The average molecular weight is 393 g/mol. The van der Waals surface area contributed by atoms with Gasteiger partial charge in [0, 0.05) is 9.50 Å². The van der Waals surface area contributed by atoms with E-state index < -0.39 is 0 Å². The molecule has 0 aliphatic heterocycles. The fourth-order valence-corrected chi connectivity index (χ4v) is 2.94. The van der Waals surface area contributed by atoms with Gasteiger partial charge in [0.15, 0.2) is 0 Å². The normalized spacial score (nSPS) is 12.5. The molecule has 0 radical (unpaired) electrons. The third-order valence-electron chi connectivity index (χ3n) is 2.55. The van der Waals surface area contributed by atoms with E-state index in [9.17, 15) is 4.39 Å². The third-order valence-corrected chi connectivity index (χ3v) is 3.83. The number of nitrogens with two attached hydrogens (primary N) is 1. The maximum absolute atomic E-state index is 13.2. The van der Waals surface area contributed by atoms with Crippen molar-refractivity contribution < 1.29 is 4.39 Å². The van der Waals surface area contributed by atoms with Crippen molar-refractivity contribution >= 4 is 43.5 Å². The van der Waals surface area contributed by atoms with Crippen molar-refractivity contribution in [3.05, 3.63) is 67.3 Å². The lowest BCUT2D eigenvalue weighted by atomic mass is 10.00. The van der Waals surface area contributed by atoms with Gasteiger partial charge in [-0.1, -0.05) is 33.6 Å². The van der Waals surface area contributed by atoms with E-state index in [1.54, 1.807) is 24.3 Å². The lowest BCUT2D eigenvalue weighted by molar-refractivity contribution is 0.619. The zero-order chi connectivity index (χ0) is 13.3. The molecule has 0 aromatic heterocycles. The third kappa shape index (κ3) is 3.12. The molecular weight excluding hydrogens is 384 g/mol. The first-order chi connectivity index (χ1) is 8.47. The van der Waals surface area contributed by atoms with E-state index >= 15 is 0 Å². The summed E-state index contributed by atoms with van der Waals surface area (Å²) in [5, 5.41) is 0.607. The molecule has 0 aliphatic rings. The molecule has 2 aromatic carbocycles. The lowest BCUT2D eigenvalue weighted by Gasteiger charge is -2.14. The second kappa shape index (κ2) is 5.70. The first kappa shape index (κ1) is 14.0. The maximum Gasteiger partial charge on any atom is 0.137 e. The minimum absolute atomic E-state index is 0.307. The Bertz CT molecular complexity index is 569. The van der Waals surface area contributed by atoms with Crippen molar-refractivity contribution in [1.29, 1.82) is 0 Å². The van der Waals surface area contributed by atoms with Crippen LogP contribution in [0.2, 0.25) is 5.02 Å². The molecule has 0 saturated carbocycles. The molecule has 0 fully saturated rings. The Balaban J connectivity index is 2.40. The molecule has 0 bridgehead atoms. The summed E-state index contributed by atoms with van der Waals surface area (Å²) in [6.45, 7) is 0. The molecule has 1 nitrogen and oxygen atoms in total. The molecule has 2 N–H and O–H groups in total. The first-order valence-electron chi connectivity index (χ1n) is 5.14. The molecular formula is C13H9Br2ClFN. The van der Waals surface area contributed by atoms with Gasteiger partial charge in [0.25, 0.3) is 0 Å². The van der Waals surface area contributed by atoms with Crippen LogP contribution in [0.1, 0.15) is 17.2 Å². The summed E-state index contributed by atoms with van der Waals surface area (Å²) in [5.41, 5.74) is 7.84. The second-order valence-electron chi connectivity index (χ2n) is 3.85. The monoisotopic (exact) mass is 391 g/mol. The quantitative estimate of drug-likeness (QED) is 0.759. The van der Waals surface area contributed by atoms with Crippen molar-refractivity contribution in [3.8, 4) is 0 Å². The van der Waals surface area contributed by atoms with Gasteiger partial charge >= 0.3 is 0 Å². The summed E-state index contributed by atoms with van der Waals surface area (Å²) in [7, 11) is 0. The summed E-state index contributed by atoms with van der Waals surface area (Å²) in [6.07, 6.45) is 0. The minimum atomic E-state index is -0.350. The maximum atomic E-state index is 13.2. The van der Waals surface area contributed by atoms with Crippen molar-refractivity contribution in [2.45, 2.75) is 6.04 Å². The Morgan fingerprint density at radius 1 is 1.06 bits per heavy atom. The Morgan fingerprint density at radius 3 is 2.39 bits per heavy atom. The van der Waals surface area contributed by atoms with Gasteiger partial charge in [-0.25, -0.2) is 4.39 Å². The Labute approximate surface area is 126 Å². The highest BCUT2D eigenvalue weighted by Crippen LogP contribution is 2.28. The van der Waals surface area contributed by atoms with E-state index in [2.05, 4.69) is 31.9 Å². The Morgan fingerprint density at radius 2 is 1.78 bits per heavy atom. The highest BCUT2D eigenvalue weighted by molar-refractivity contribution is 9.10. The topological polar surface area (TPSA) is 26.0 Å². The molecule has 0 heterocycles. The van der Waals surface area contributed by atoms with Gasteiger partial charge in [0.1, 0.15) is 5.82 Å². The van der Waals surface area contributed by atoms with Crippen molar-refractivity contribution in [3.63, 3.8) is 0 Å². The zero-order valence-electron chi connectivity index (χ0n) is 9.13. The Kier molecular flexibility index (Phi) is 4.43. The van der Waals surface area contributed by atoms with Crippen LogP contribution in [0.5, 0.6) is 0 Å². The van der Waals surface area contributed by atoms with Crippen LogP contribution >= 0.6 is 43.5 Å². The van der Waals surface area contributed by atoms with Gasteiger partial charge in [0.05, 0.1) is 10.5 Å². The molecule has 0 saturated heterocycles. The van der Waals surface area contributed by atoms with E-state index in [0.717, 1.165) is 15.6 Å². The van der Waals surface area contributed by atoms with Gasteiger partial charge in [-0.05, 0) is 57.4 Å². The highest BCUT2D eigenvalue weighted by atomic mass is 79.9. The molecule has 2 aromatic rings. The largest absolute Gasteiger partial charge is 0.320 e. The van der Waals surface area contributed by atoms with Crippen LogP contribution in [0, 0.1) is 5.82 Å². The Hall–Kier alpha value is -0.420. The van der Waals surface area contributed by atoms with Crippen LogP contribution in [-0.4, -0.2) is 0 Å². The van der Waals surface area contributed by atoms with E-state index in [-0.39, 0.29) is 11.9 Å². The fourth-order valence-electron chi connectivity index (χ4n) is 1.65. The lowest BCUT2D eigenvalue weighted by Crippen LogP contribution is -2.12. The summed E-state index contributed by atoms with van der Waals surface area (Å²) in [5.74, 6) is -0.307. The number of benzene rings is 2. The standard InChI is InChI=1S/C13H9Br2ClFN/c14-9-3-8(4-10(16)6-9)13(18)7-1-2-12(17)11(15)5-7/h1-6,13H,18H2. The van der Waals surface area contributed by atoms with E-state index in [4.69, 9.17) is 17.3 Å². The smallest absolute Gasteiger partial charge is 0.137 e. The van der Waals surface area contributed by atoms with Crippen molar-refractivity contribution in [2.24, 2.45) is 5.73 Å². The van der Waals surface area contributed by atoms with Gasteiger partial charge < -0.3 is 5.73 Å². The van der Waals surface area contributed by atoms with Crippen LogP contribution in [0.25, 0.3) is 0 Å². The summed E-state index contributed by atoms with van der Waals surface area (Å²) >= 11 is 12.5. The van der Waals surface area contributed by atoms with Crippen LogP contribution < -0.4 is 5.73 Å². The molecule has 5 heteroatoms. The SMILES string of the molecule is NC(c1cc(Cl)cc(Br)c1)c1ccc(F)c(Br)c1. The van der Waals surface area contributed by atoms with Crippen molar-refractivity contribution in [1.82, 2.24) is 0 Å². The molecule has 94 valence electrons. The fraction of sp³-hybridized carbons (Fsp3) is 0.0769. The number of halogens is 4. The van der Waals surface area contributed by atoms with Crippen molar-refractivity contribution in [2.75, 3.05) is 0 Å². The van der Waals surface area contributed by atoms with Crippen LogP contribution in [0.15, 0.2) is 45.3 Å². The van der Waals surface area contributed by atoms with Crippen LogP contribution in [0.4, 0.5) is 4.39 Å². The molecule has 0 spiro atoms. The van der Waals surface area contributed by atoms with Crippen LogP contribution in [-0.2, 0) is 0 Å². The van der Waals surface area contributed by atoms with Gasteiger partial charge in [-0.2, -0.15) is 0 Å². The zero-order valence-corrected chi connectivity index (χ0v) is 13.1. The molecule has 1 atom stereocenters. The van der Waals surface area contributed by atoms with Crippen LogP contribution in [0.3, 0.4) is 0 Å².